The molecular weight excluding hydrogens is 739 g/mol. The Bertz CT molecular complexity index is 2010. The first-order valence-corrected chi connectivity index (χ1v) is 16.2. The zero-order valence-electron chi connectivity index (χ0n) is 28.5. The lowest BCUT2D eigenvalue weighted by Crippen LogP contribution is -2.47. The van der Waals surface area contributed by atoms with E-state index in [4.69, 9.17) is 21.7 Å². The van der Waals surface area contributed by atoms with Crippen LogP contribution in [0.4, 0.5) is 35.5 Å². The first-order valence-electron chi connectivity index (χ1n) is 15.8. The monoisotopic (exact) mass is 771 g/mol. The predicted molar refractivity (Wildman–Crippen MR) is 176 cm³/mol. The van der Waals surface area contributed by atoms with Crippen molar-refractivity contribution in [2.75, 3.05) is 13.2 Å². The van der Waals surface area contributed by atoms with E-state index in [0.717, 1.165) is 34.4 Å². The Morgan fingerprint density at radius 3 is 2.42 bits per heavy atom. The maximum atomic E-state index is 15.8. The van der Waals surface area contributed by atoms with Crippen LogP contribution in [0.25, 0.3) is 16.8 Å². The summed E-state index contributed by atoms with van der Waals surface area (Å²) in [4.78, 5) is 31.8. The molecule has 2 amide bonds. The molecule has 1 aliphatic rings. The van der Waals surface area contributed by atoms with Gasteiger partial charge in [-0.1, -0.05) is 50.6 Å². The average molecular weight is 772 g/mol. The normalized spacial score (nSPS) is 17.1. The maximum absolute atomic E-state index is 15.8. The van der Waals surface area contributed by atoms with Crippen LogP contribution in [0, 0.1) is 16.6 Å². The van der Waals surface area contributed by atoms with Crippen molar-refractivity contribution in [3.05, 3.63) is 82.9 Å². The molecule has 53 heavy (non-hydrogen) atoms. The summed E-state index contributed by atoms with van der Waals surface area (Å²) in [6.07, 6.45) is -1.52. The first-order chi connectivity index (χ1) is 24.7. The zero-order chi connectivity index (χ0) is 39.0. The number of nitrogens with one attached hydrogen (secondary N) is 3. The number of aromatic nitrogens is 5. The Morgan fingerprint density at radius 1 is 1.09 bits per heavy atom. The number of carbonyl (C=O) groups is 2. The van der Waals surface area contributed by atoms with Crippen LogP contribution in [0.15, 0.2) is 55.1 Å². The third-order valence-electron chi connectivity index (χ3n) is 8.11. The van der Waals surface area contributed by atoms with Crippen LogP contribution in [-0.2, 0) is 15.1 Å². The molecule has 0 radical (unpaired) electrons. The van der Waals surface area contributed by atoms with Gasteiger partial charge in [-0.2, -0.15) is 19.0 Å². The number of hydrogen-bond donors (Lipinski definition) is 3. The van der Waals surface area contributed by atoms with Gasteiger partial charge < -0.3 is 15.4 Å². The number of alkyl halides is 6. The van der Waals surface area contributed by atoms with E-state index in [9.17, 15) is 35.9 Å². The number of benzene rings is 2. The van der Waals surface area contributed by atoms with Crippen molar-refractivity contribution in [2.45, 2.75) is 64.6 Å². The quantitative estimate of drug-likeness (QED) is 0.128. The number of hydrogen-bond acceptors (Lipinski definition) is 7. The molecule has 2 aromatic carbocycles. The number of amides is 2. The molecule has 5 rings (SSSR count). The Balaban J connectivity index is 1.59. The minimum absolute atomic E-state index is 0.0385. The van der Waals surface area contributed by atoms with Gasteiger partial charge in [0.25, 0.3) is 18.3 Å². The summed E-state index contributed by atoms with van der Waals surface area (Å²) in [7, 11) is 0. The van der Waals surface area contributed by atoms with Crippen molar-refractivity contribution >= 4 is 29.6 Å². The lowest BCUT2D eigenvalue weighted by molar-refractivity contribution is -0.134. The minimum Gasteiger partial charge on any atom is -0.447 e. The molecule has 0 spiro atoms. The number of guanidine groups is 1. The largest absolute Gasteiger partial charge is 0.447 e. The van der Waals surface area contributed by atoms with Gasteiger partial charge in [0.15, 0.2) is 11.8 Å². The highest BCUT2D eigenvalue weighted by atomic mass is 35.5. The van der Waals surface area contributed by atoms with E-state index >= 15 is 4.39 Å². The van der Waals surface area contributed by atoms with E-state index in [0.29, 0.717) is 11.6 Å². The first kappa shape index (κ1) is 39.0. The fourth-order valence-electron chi connectivity index (χ4n) is 5.97. The lowest BCUT2D eigenvalue weighted by Gasteiger charge is -2.35. The highest BCUT2D eigenvalue weighted by molar-refractivity contribution is 6.32. The average Bonchev–Trinajstić information content (AvgIpc) is 3.80. The minimum atomic E-state index is -3.29. The second-order valence-corrected chi connectivity index (χ2v) is 14.0. The summed E-state index contributed by atoms with van der Waals surface area (Å²) < 4.78 is 103. The molecule has 284 valence electrons. The predicted octanol–water partition coefficient (Wildman–Crippen LogP) is 7.38. The van der Waals surface area contributed by atoms with Crippen molar-refractivity contribution in [1.29, 1.82) is 5.41 Å². The Labute approximate surface area is 302 Å². The van der Waals surface area contributed by atoms with E-state index in [1.54, 1.807) is 20.8 Å². The van der Waals surface area contributed by atoms with E-state index in [2.05, 4.69) is 20.5 Å². The van der Waals surface area contributed by atoms with Crippen LogP contribution in [-0.4, -0.2) is 66.5 Å². The number of carbonyl (C=O) groups excluding carboxylic acids is 2. The van der Waals surface area contributed by atoms with Crippen LogP contribution in [0.2, 0.25) is 5.02 Å². The van der Waals surface area contributed by atoms with Crippen molar-refractivity contribution in [3.8, 4) is 16.8 Å². The van der Waals surface area contributed by atoms with Crippen LogP contribution >= 0.6 is 11.6 Å². The third kappa shape index (κ3) is 8.39. The summed E-state index contributed by atoms with van der Waals surface area (Å²) in [5.41, 5.74) is -2.54. The van der Waals surface area contributed by atoms with Crippen LogP contribution in [0.1, 0.15) is 70.1 Å². The number of nitrogens with zero attached hydrogens (tertiary/aromatic N) is 6. The van der Waals surface area contributed by atoms with Gasteiger partial charge in [0.2, 0.25) is 0 Å². The molecule has 3 heterocycles. The summed E-state index contributed by atoms with van der Waals surface area (Å²) in [5, 5.41) is 21.1. The molecule has 0 unspecified atom stereocenters. The highest BCUT2D eigenvalue weighted by Gasteiger charge is 2.55. The molecule has 1 saturated heterocycles. The number of halogens is 8. The van der Waals surface area contributed by atoms with Gasteiger partial charge in [0.05, 0.1) is 29.5 Å². The van der Waals surface area contributed by atoms with Crippen molar-refractivity contribution in [3.63, 3.8) is 0 Å². The van der Waals surface area contributed by atoms with E-state index in [1.165, 1.54) is 30.3 Å². The van der Waals surface area contributed by atoms with E-state index < -0.39 is 78.6 Å². The van der Waals surface area contributed by atoms with Gasteiger partial charge in [-0.3, -0.25) is 15.1 Å². The molecule has 0 aliphatic carbocycles. The summed E-state index contributed by atoms with van der Waals surface area (Å²) in [6, 6.07) is 6.20. The SMILES string of the molecule is CC(C)(C)C[C@]1(c2ccc(-c3cnn(C(F)F)c3)c(F)c2)NC(=N)N([C@H](COC(=O)NCC(C)(F)F)c2ccc(Cl)c(-n3ncnc3C(F)F)c2)C1=O. The molecule has 20 heteroatoms. The van der Waals surface area contributed by atoms with Crippen molar-refractivity contribution < 1.29 is 45.1 Å². The fraction of sp³-hybridized carbons (Fsp3) is 0.394. The topological polar surface area (TPSA) is 143 Å². The maximum Gasteiger partial charge on any atom is 0.407 e. The fourth-order valence-corrected chi connectivity index (χ4v) is 6.17. The Morgan fingerprint density at radius 2 is 1.81 bits per heavy atom. The number of ether oxygens (including phenoxy) is 1. The van der Waals surface area contributed by atoms with Crippen molar-refractivity contribution in [2.24, 2.45) is 5.41 Å². The van der Waals surface area contributed by atoms with Crippen molar-refractivity contribution in [1.82, 2.24) is 40.1 Å². The summed E-state index contributed by atoms with van der Waals surface area (Å²) >= 11 is 6.37. The molecule has 2 atom stereocenters. The third-order valence-corrected chi connectivity index (χ3v) is 8.43. The van der Waals surface area contributed by atoms with Crippen LogP contribution in [0.5, 0.6) is 0 Å². The van der Waals surface area contributed by atoms with E-state index in [1.807, 2.05) is 5.32 Å². The molecule has 1 fully saturated rings. The molecule has 3 N–H and O–H groups in total. The summed E-state index contributed by atoms with van der Waals surface area (Å²) in [5.74, 6) is -6.31. The zero-order valence-corrected chi connectivity index (χ0v) is 29.2. The summed E-state index contributed by atoms with van der Waals surface area (Å²) in [6.45, 7) is 1.15. The van der Waals surface area contributed by atoms with Crippen LogP contribution < -0.4 is 10.6 Å². The lowest BCUT2D eigenvalue weighted by atomic mass is 9.75. The molecule has 1 aliphatic heterocycles. The molecule has 0 saturated carbocycles. The number of alkyl carbamates (subject to hydrolysis) is 1. The molecular formula is C33H33ClF7N9O3. The second-order valence-electron chi connectivity index (χ2n) is 13.6. The second kappa shape index (κ2) is 14.7. The van der Waals surface area contributed by atoms with Gasteiger partial charge in [-0.05, 0) is 41.2 Å². The number of rotatable bonds is 12. The van der Waals surface area contributed by atoms with Gasteiger partial charge >= 0.3 is 12.6 Å². The van der Waals surface area contributed by atoms with Crippen LogP contribution in [0.3, 0.4) is 0 Å². The van der Waals surface area contributed by atoms with E-state index in [-0.39, 0.29) is 39.4 Å². The van der Waals surface area contributed by atoms with Gasteiger partial charge in [0.1, 0.15) is 24.3 Å². The van der Waals surface area contributed by atoms with Gasteiger partial charge in [-0.25, -0.2) is 41.1 Å². The molecule has 4 aromatic rings. The Kier molecular flexibility index (Phi) is 10.8. The Hall–Kier alpha value is -5.20. The smallest absolute Gasteiger partial charge is 0.407 e. The standard InChI is InChI=1S/C33H33ClF7N9O3/c1-31(2,3)14-33(19-6-7-20(22(35)10-19)18-11-45-48(12-18)28(38)39)27(51)49(29(42)47-33)24(13-53-30(52)43-15-32(4,40)41)17-5-8-21(34)23(9-17)50-26(25(36)37)44-16-46-50/h5-12,16,24-25,28H,13-15H2,1-4H3,(H2,42,47)(H,43,52)/t24-,33-/m1/s1. The molecule has 2 aromatic heterocycles. The van der Waals surface area contributed by atoms with Gasteiger partial charge in [0, 0.05) is 24.2 Å². The highest BCUT2D eigenvalue weighted by Crippen LogP contribution is 2.43. The molecule has 12 nitrogen and oxygen atoms in total. The van der Waals surface area contributed by atoms with Gasteiger partial charge in [-0.15, -0.1) is 0 Å². The molecule has 0 bridgehead atoms.